The molecule has 0 aliphatic rings. The van der Waals surface area contributed by atoms with E-state index in [1.54, 1.807) is 24.5 Å². The molecule has 2 aromatic rings. The molecule has 0 aliphatic heterocycles. The number of nitrogen functional groups attached to an aromatic ring is 1. The summed E-state index contributed by atoms with van der Waals surface area (Å²) in [4.78, 5) is 4.09. The lowest BCUT2D eigenvalue weighted by Gasteiger charge is -2.09. The first-order chi connectivity index (χ1) is 9.49. The number of pyridine rings is 1. The van der Waals surface area contributed by atoms with Crippen LogP contribution in [-0.4, -0.2) is 19.9 Å². The van der Waals surface area contributed by atoms with Crippen molar-refractivity contribution in [1.29, 1.82) is 0 Å². The lowest BCUT2D eigenvalue weighted by Crippen LogP contribution is -2.26. The minimum atomic E-state index is -3.55. The Labute approximate surface area is 126 Å². The number of sulfonamides is 1. The molecule has 1 aromatic carbocycles. The summed E-state index contributed by atoms with van der Waals surface area (Å²) in [6.07, 6.45) is 3.97. The Hall–Kier alpha value is -1.44. The highest BCUT2D eigenvalue weighted by molar-refractivity contribution is 9.10. The molecule has 0 atom stereocenters. The minimum Gasteiger partial charge on any atom is -0.399 e. The number of hydrogen-bond acceptors (Lipinski definition) is 4. The lowest BCUT2D eigenvalue weighted by molar-refractivity contribution is 0.581. The Bertz CT molecular complexity index is 690. The zero-order valence-corrected chi connectivity index (χ0v) is 13.0. The molecule has 0 radical (unpaired) electrons. The number of aromatic nitrogens is 1. The van der Waals surface area contributed by atoms with E-state index in [9.17, 15) is 8.42 Å². The molecule has 1 aromatic heterocycles. The van der Waals surface area contributed by atoms with Crippen molar-refractivity contribution in [3.63, 3.8) is 0 Å². The molecule has 0 unspecified atom stereocenters. The summed E-state index contributed by atoms with van der Waals surface area (Å²) in [5.41, 5.74) is 7.13. The molecule has 106 valence electrons. The van der Waals surface area contributed by atoms with Gasteiger partial charge < -0.3 is 5.73 Å². The van der Waals surface area contributed by atoms with Crippen LogP contribution in [-0.2, 0) is 16.4 Å². The van der Waals surface area contributed by atoms with Gasteiger partial charge in [0.25, 0.3) is 0 Å². The van der Waals surface area contributed by atoms with Crippen molar-refractivity contribution >= 4 is 31.6 Å². The highest BCUT2D eigenvalue weighted by Gasteiger charge is 2.16. The summed E-state index contributed by atoms with van der Waals surface area (Å²) in [7, 11) is -3.55. The van der Waals surface area contributed by atoms with Crippen LogP contribution < -0.4 is 10.5 Å². The Morgan fingerprint density at radius 2 is 1.90 bits per heavy atom. The standard InChI is InChI=1S/C13H14BrN3O2S/c14-12-9-11(15)1-2-13(12)20(18,19)17-8-5-10-3-6-16-7-4-10/h1-4,6-7,9,17H,5,8,15H2. The molecule has 1 heterocycles. The summed E-state index contributed by atoms with van der Waals surface area (Å²) in [6.45, 7) is 0.323. The van der Waals surface area contributed by atoms with Crippen LogP contribution in [0.2, 0.25) is 0 Å². The van der Waals surface area contributed by atoms with E-state index in [1.807, 2.05) is 12.1 Å². The normalized spacial score (nSPS) is 11.4. The lowest BCUT2D eigenvalue weighted by atomic mass is 10.2. The van der Waals surface area contributed by atoms with Gasteiger partial charge in [0.2, 0.25) is 10.0 Å². The van der Waals surface area contributed by atoms with Gasteiger partial charge in [0, 0.05) is 29.1 Å². The van der Waals surface area contributed by atoms with Crippen LogP contribution in [0.25, 0.3) is 0 Å². The van der Waals surface area contributed by atoms with E-state index in [-0.39, 0.29) is 4.90 Å². The Morgan fingerprint density at radius 1 is 1.20 bits per heavy atom. The van der Waals surface area contributed by atoms with Crippen molar-refractivity contribution in [3.8, 4) is 0 Å². The van der Waals surface area contributed by atoms with Crippen LogP contribution in [0.3, 0.4) is 0 Å². The van der Waals surface area contributed by atoms with Gasteiger partial charge in [-0.25, -0.2) is 13.1 Å². The summed E-state index contributed by atoms with van der Waals surface area (Å²) in [6, 6.07) is 8.31. The highest BCUT2D eigenvalue weighted by atomic mass is 79.9. The van der Waals surface area contributed by atoms with Gasteiger partial charge in [-0.05, 0) is 58.2 Å². The molecule has 0 fully saturated rings. The molecule has 0 saturated carbocycles. The van der Waals surface area contributed by atoms with Gasteiger partial charge in [0.15, 0.2) is 0 Å². The third-order valence-electron chi connectivity index (χ3n) is 2.70. The van der Waals surface area contributed by atoms with E-state index in [2.05, 4.69) is 25.6 Å². The second kappa shape index (κ2) is 6.34. The fourth-order valence-electron chi connectivity index (χ4n) is 1.69. The molecule has 5 nitrogen and oxygen atoms in total. The van der Waals surface area contributed by atoms with E-state index in [0.29, 0.717) is 23.1 Å². The molecule has 0 amide bonds. The molecule has 0 saturated heterocycles. The second-order valence-electron chi connectivity index (χ2n) is 4.19. The molecule has 2 rings (SSSR count). The number of halogens is 1. The first-order valence-corrected chi connectivity index (χ1v) is 8.20. The highest BCUT2D eigenvalue weighted by Crippen LogP contribution is 2.23. The largest absolute Gasteiger partial charge is 0.399 e. The summed E-state index contributed by atoms with van der Waals surface area (Å²) >= 11 is 3.21. The van der Waals surface area contributed by atoms with Gasteiger partial charge in [0.05, 0.1) is 4.90 Å². The quantitative estimate of drug-likeness (QED) is 0.802. The van der Waals surface area contributed by atoms with E-state index in [0.717, 1.165) is 5.56 Å². The Balaban J connectivity index is 2.04. The zero-order chi connectivity index (χ0) is 14.6. The smallest absolute Gasteiger partial charge is 0.241 e. The van der Waals surface area contributed by atoms with Crippen LogP contribution in [0.15, 0.2) is 52.1 Å². The van der Waals surface area contributed by atoms with Crippen molar-refractivity contribution in [2.24, 2.45) is 0 Å². The fourth-order valence-corrected chi connectivity index (χ4v) is 3.82. The number of nitrogens with one attached hydrogen (secondary N) is 1. The van der Waals surface area contributed by atoms with E-state index < -0.39 is 10.0 Å². The molecule has 3 N–H and O–H groups in total. The SMILES string of the molecule is Nc1ccc(S(=O)(=O)NCCc2ccncc2)c(Br)c1. The number of nitrogens with two attached hydrogens (primary N) is 1. The van der Waals surface area contributed by atoms with Gasteiger partial charge in [-0.2, -0.15) is 0 Å². The average Bonchev–Trinajstić information content (AvgIpc) is 2.39. The van der Waals surface area contributed by atoms with Gasteiger partial charge in [0.1, 0.15) is 0 Å². The summed E-state index contributed by atoms with van der Waals surface area (Å²) in [5, 5.41) is 0. The maximum absolute atomic E-state index is 12.2. The molecular weight excluding hydrogens is 342 g/mol. The van der Waals surface area contributed by atoms with Crippen LogP contribution >= 0.6 is 15.9 Å². The van der Waals surface area contributed by atoms with Gasteiger partial charge in [-0.15, -0.1) is 0 Å². The van der Waals surface area contributed by atoms with Crippen molar-refractivity contribution in [2.45, 2.75) is 11.3 Å². The molecule has 0 aliphatic carbocycles. The predicted molar refractivity (Wildman–Crippen MR) is 81.7 cm³/mol. The Morgan fingerprint density at radius 3 is 2.55 bits per heavy atom. The summed E-state index contributed by atoms with van der Waals surface area (Å²) in [5.74, 6) is 0. The number of benzene rings is 1. The third kappa shape index (κ3) is 3.78. The molecule has 0 bridgehead atoms. The maximum atomic E-state index is 12.2. The first kappa shape index (κ1) is 15.0. The second-order valence-corrected chi connectivity index (χ2v) is 6.78. The molecule has 0 spiro atoms. The van der Waals surface area contributed by atoms with Crippen molar-refractivity contribution in [1.82, 2.24) is 9.71 Å². The Kier molecular flexibility index (Phi) is 4.74. The van der Waals surface area contributed by atoms with Crippen molar-refractivity contribution in [2.75, 3.05) is 12.3 Å². The fraction of sp³-hybridized carbons (Fsp3) is 0.154. The third-order valence-corrected chi connectivity index (χ3v) is 5.14. The van der Waals surface area contributed by atoms with E-state index in [1.165, 1.54) is 6.07 Å². The van der Waals surface area contributed by atoms with Crippen LogP contribution in [0.1, 0.15) is 5.56 Å². The van der Waals surface area contributed by atoms with Crippen LogP contribution in [0.5, 0.6) is 0 Å². The molecule has 7 heteroatoms. The number of hydrogen-bond donors (Lipinski definition) is 2. The van der Waals surface area contributed by atoms with Gasteiger partial charge in [-0.1, -0.05) is 0 Å². The van der Waals surface area contributed by atoms with E-state index >= 15 is 0 Å². The zero-order valence-electron chi connectivity index (χ0n) is 10.6. The predicted octanol–water partition coefficient (Wildman–Crippen LogP) is 1.95. The topological polar surface area (TPSA) is 85.1 Å². The average molecular weight is 356 g/mol. The van der Waals surface area contributed by atoms with E-state index in [4.69, 9.17) is 5.73 Å². The van der Waals surface area contributed by atoms with Crippen molar-refractivity contribution < 1.29 is 8.42 Å². The summed E-state index contributed by atoms with van der Waals surface area (Å²) < 4.78 is 27.3. The van der Waals surface area contributed by atoms with Crippen LogP contribution in [0.4, 0.5) is 5.69 Å². The van der Waals surface area contributed by atoms with Gasteiger partial charge in [-0.3, -0.25) is 4.98 Å². The minimum absolute atomic E-state index is 0.182. The molecule has 20 heavy (non-hydrogen) atoms. The van der Waals surface area contributed by atoms with Crippen molar-refractivity contribution in [3.05, 3.63) is 52.8 Å². The van der Waals surface area contributed by atoms with Gasteiger partial charge >= 0.3 is 0 Å². The maximum Gasteiger partial charge on any atom is 0.241 e. The monoisotopic (exact) mass is 355 g/mol. The number of anilines is 1. The van der Waals surface area contributed by atoms with Crippen LogP contribution in [0, 0.1) is 0 Å². The first-order valence-electron chi connectivity index (χ1n) is 5.92. The number of rotatable bonds is 5. The molecular formula is C13H14BrN3O2S. The number of nitrogens with zero attached hydrogens (tertiary/aromatic N) is 1.